The van der Waals surface area contributed by atoms with Crippen LogP contribution >= 0.6 is 73.9 Å². The Balaban J connectivity index is 3.57. The van der Waals surface area contributed by atoms with E-state index in [1.54, 1.807) is 0 Å². The summed E-state index contributed by atoms with van der Waals surface area (Å²) in [5.41, 5.74) is 0. The van der Waals surface area contributed by atoms with Crippen LogP contribution in [0, 0.1) is 0 Å². The summed E-state index contributed by atoms with van der Waals surface area (Å²) in [6.07, 6.45) is 3.79. The Hall–Kier alpha value is 3.24. The van der Waals surface area contributed by atoms with E-state index in [1.165, 1.54) is 0 Å². The summed E-state index contributed by atoms with van der Waals surface area (Å²) in [6, 6.07) is 0. The first-order valence-corrected chi connectivity index (χ1v) is 22.6. The molecule has 0 rings (SSSR count). The Kier molecular flexibility index (Phi) is 23.2. The van der Waals surface area contributed by atoms with Crippen LogP contribution < -0.4 is 0 Å². The van der Waals surface area contributed by atoms with Gasteiger partial charge in [0.25, 0.3) is 0 Å². The lowest BCUT2D eigenvalue weighted by Crippen LogP contribution is -2.00. The molecule has 0 aromatic heterocycles. The number of rotatable bonds is 21. The van der Waals surface area contributed by atoms with Gasteiger partial charge in [0.05, 0.1) is 26.4 Å². The quantitative estimate of drug-likeness (QED) is 0.0739. The highest BCUT2D eigenvalue weighted by atomic mass is 33.9. The Morgan fingerprint density at radius 2 is 0.893 bits per heavy atom. The molecule has 0 radical (unpaired) electrons. The standard InChI is InChI=1S/C14H32O4P2S8/c1-5-15-19(21,16-6-2)11-9-13-23-25-27-28-26-24-14-10-12-20(22,17-7-3)18-8-4/h5-14H2,1-4H3. The molecule has 0 heterocycles. The maximum absolute atomic E-state index is 5.66. The zero-order valence-electron chi connectivity index (χ0n) is 16.9. The molecular weight excluding hydrogens is 551 g/mol. The average molecular weight is 583 g/mol. The normalized spacial score (nSPS) is 12.6. The van der Waals surface area contributed by atoms with Crippen LogP contribution in [-0.2, 0) is 41.7 Å². The van der Waals surface area contributed by atoms with Crippen molar-refractivity contribution >= 4 is 97.5 Å². The Bertz CT molecular complexity index is 401. The van der Waals surface area contributed by atoms with Crippen molar-refractivity contribution in [2.24, 2.45) is 0 Å². The Morgan fingerprint density at radius 1 is 0.571 bits per heavy atom. The molecule has 0 bridgehead atoms. The van der Waals surface area contributed by atoms with Gasteiger partial charge in [-0.2, -0.15) is 0 Å². The first-order chi connectivity index (χ1) is 13.4. The van der Waals surface area contributed by atoms with Gasteiger partial charge in [0.2, 0.25) is 0 Å². The van der Waals surface area contributed by atoms with E-state index >= 15 is 0 Å². The summed E-state index contributed by atoms with van der Waals surface area (Å²) < 4.78 is 22.6. The molecule has 28 heavy (non-hydrogen) atoms. The molecule has 0 aliphatic rings. The monoisotopic (exact) mass is 582 g/mol. The van der Waals surface area contributed by atoms with E-state index in [-0.39, 0.29) is 0 Å². The van der Waals surface area contributed by atoms with Gasteiger partial charge in [-0.25, -0.2) is 0 Å². The van der Waals surface area contributed by atoms with E-state index in [0.717, 1.165) is 36.7 Å². The number of hydrogen-bond donors (Lipinski definition) is 0. The minimum Gasteiger partial charge on any atom is -0.330 e. The second-order valence-electron chi connectivity index (χ2n) is 4.96. The highest BCUT2D eigenvalue weighted by Crippen LogP contribution is 2.54. The molecule has 0 spiro atoms. The molecule has 14 heteroatoms. The molecule has 0 aromatic rings. The molecule has 170 valence electrons. The fraction of sp³-hybridized carbons (Fsp3) is 1.00. The lowest BCUT2D eigenvalue weighted by atomic mass is 10.6. The van der Waals surface area contributed by atoms with Gasteiger partial charge in [0.1, 0.15) is 0 Å². The second-order valence-corrected chi connectivity index (χ2v) is 22.5. The summed E-state index contributed by atoms with van der Waals surface area (Å²) >= 11 is 11.1. The SMILES string of the molecule is CCOP(=S)(CCCSSSSSSCCCP(=S)(OCC)OCC)OCC. The molecule has 0 unspecified atom stereocenters. The topological polar surface area (TPSA) is 36.9 Å². The van der Waals surface area contributed by atoms with Gasteiger partial charge in [0, 0.05) is 23.8 Å². The van der Waals surface area contributed by atoms with Crippen molar-refractivity contribution in [2.75, 3.05) is 50.3 Å². The zero-order chi connectivity index (χ0) is 21.1. The van der Waals surface area contributed by atoms with E-state index in [1.807, 2.05) is 88.6 Å². The molecule has 0 N–H and O–H groups in total. The van der Waals surface area contributed by atoms with Crippen LogP contribution in [0.1, 0.15) is 40.5 Å². The summed E-state index contributed by atoms with van der Waals surface area (Å²) in [5.74, 6) is 2.13. The molecule has 0 atom stereocenters. The summed E-state index contributed by atoms with van der Waals surface area (Å²) in [4.78, 5) is 0. The molecule has 4 nitrogen and oxygen atoms in total. The maximum atomic E-state index is 5.66. The van der Waals surface area contributed by atoms with Crippen LogP contribution in [-0.4, -0.2) is 50.3 Å². The second kappa shape index (κ2) is 20.8. The minimum atomic E-state index is -2.05. The van der Waals surface area contributed by atoms with Crippen LogP contribution in [0.5, 0.6) is 0 Å². The average Bonchev–Trinajstić information content (AvgIpc) is 2.63. The third-order valence-corrected chi connectivity index (χ3v) is 20.6. The summed E-state index contributed by atoms with van der Waals surface area (Å²) in [6.45, 7) is 6.32. The predicted octanol–water partition coefficient (Wildman–Crippen LogP) is 8.51. The van der Waals surface area contributed by atoms with Crippen molar-refractivity contribution in [2.45, 2.75) is 40.5 Å². The van der Waals surface area contributed by atoms with Crippen LogP contribution in [0.2, 0.25) is 0 Å². The Labute approximate surface area is 204 Å². The van der Waals surface area contributed by atoms with Crippen molar-refractivity contribution in [3.8, 4) is 0 Å². The first kappa shape index (κ1) is 31.2. The summed E-state index contributed by atoms with van der Waals surface area (Å²) in [5, 5.41) is 0. The van der Waals surface area contributed by atoms with Gasteiger partial charge in [-0.05, 0) is 103 Å². The minimum absolute atomic E-state index is 0.632. The molecule has 0 aromatic carbocycles. The fourth-order valence-electron chi connectivity index (χ4n) is 1.88. The lowest BCUT2D eigenvalue weighted by Gasteiger charge is -2.20. The molecule has 0 amide bonds. The smallest absolute Gasteiger partial charge is 0.188 e. The van der Waals surface area contributed by atoms with Crippen molar-refractivity contribution in [3.63, 3.8) is 0 Å². The van der Waals surface area contributed by atoms with Crippen molar-refractivity contribution in [3.05, 3.63) is 0 Å². The van der Waals surface area contributed by atoms with Crippen molar-refractivity contribution < 1.29 is 18.1 Å². The van der Waals surface area contributed by atoms with Gasteiger partial charge in [-0.15, -0.1) is 0 Å². The van der Waals surface area contributed by atoms with Crippen molar-refractivity contribution in [1.29, 1.82) is 0 Å². The van der Waals surface area contributed by atoms with E-state index in [2.05, 4.69) is 0 Å². The van der Waals surface area contributed by atoms with Gasteiger partial charge < -0.3 is 18.1 Å². The lowest BCUT2D eigenvalue weighted by molar-refractivity contribution is 0.266. The zero-order valence-corrected chi connectivity index (χ0v) is 25.2. The van der Waals surface area contributed by atoms with Crippen LogP contribution in [0.3, 0.4) is 0 Å². The van der Waals surface area contributed by atoms with Crippen LogP contribution in [0.15, 0.2) is 0 Å². The molecule has 0 saturated heterocycles. The van der Waals surface area contributed by atoms with Gasteiger partial charge >= 0.3 is 0 Å². The van der Waals surface area contributed by atoms with Crippen LogP contribution in [0.25, 0.3) is 0 Å². The fourth-order valence-corrected chi connectivity index (χ4v) is 19.3. The van der Waals surface area contributed by atoms with Gasteiger partial charge in [-0.1, -0.05) is 21.6 Å². The largest absolute Gasteiger partial charge is 0.330 e. The van der Waals surface area contributed by atoms with E-state index < -0.39 is 13.0 Å². The van der Waals surface area contributed by atoms with Gasteiger partial charge in [-0.3, -0.25) is 0 Å². The first-order valence-electron chi connectivity index (χ1n) is 9.12. The highest BCUT2D eigenvalue weighted by molar-refractivity contribution is 9.41. The van der Waals surface area contributed by atoms with Crippen LogP contribution in [0.4, 0.5) is 0 Å². The third-order valence-electron chi connectivity index (χ3n) is 2.80. The molecular formula is C14H32O4P2S8. The summed E-state index contributed by atoms with van der Waals surface area (Å²) in [7, 11) is 11.0. The third kappa shape index (κ3) is 17.8. The molecule has 0 aliphatic heterocycles. The van der Waals surface area contributed by atoms with E-state index in [9.17, 15) is 0 Å². The molecule has 0 aliphatic carbocycles. The van der Waals surface area contributed by atoms with E-state index in [0.29, 0.717) is 26.4 Å². The van der Waals surface area contributed by atoms with E-state index in [4.69, 9.17) is 41.7 Å². The molecule has 0 fully saturated rings. The van der Waals surface area contributed by atoms with Crippen molar-refractivity contribution in [1.82, 2.24) is 0 Å². The maximum Gasteiger partial charge on any atom is 0.188 e. The van der Waals surface area contributed by atoms with Gasteiger partial charge in [0.15, 0.2) is 13.0 Å². The Morgan fingerprint density at radius 3 is 1.18 bits per heavy atom. The number of hydrogen-bond acceptors (Lipinski definition) is 12. The molecule has 0 saturated carbocycles. The highest BCUT2D eigenvalue weighted by Gasteiger charge is 2.17. The predicted molar refractivity (Wildman–Crippen MR) is 149 cm³/mol.